The molecule has 8 heteroatoms. The van der Waals surface area contributed by atoms with Crippen LogP contribution >= 0.6 is 23.4 Å². The van der Waals surface area contributed by atoms with E-state index in [-0.39, 0.29) is 11.9 Å². The summed E-state index contributed by atoms with van der Waals surface area (Å²) in [6.07, 6.45) is 0.743. The van der Waals surface area contributed by atoms with Crippen molar-refractivity contribution in [3.05, 3.63) is 70.0 Å². The number of fused-ring (bicyclic) bond motifs is 1. The summed E-state index contributed by atoms with van der Waals surface area (Å²) in [6.45, 7) is 6.06. The van der Waals surface area contributed by atoms with E-state index in [1.54, 1.807) is 0 Å². The lowest BCUT2D eigenvalue weighted by Crippen LogP contribution is -2.41. The predicted octanol–water partition coefficient (Wildman–Crippen LogP) is 4.51. The number of nitrogens with zero attached hydrogens (tertiary/aromatic N) is 3. The number of anilines is 1. The van der Waals surface area contributed by atoms with Crippen LogP contribution in [0.2, 0.25) is 5.02 Å². The van der Waals surface area contributed by atoms with Gasteiger partial charge in [-0.25, -0.2) is 4.68 Å². The molecule has 0 fully saturated rings. The number of benzene rings is 2. The Labute approximate surface area is 179 Å². The lowest BCUT2D eigenvalue weighted by atomic mass is 10.0. The highest BCUT2D eigenvalue weighted by atomic mass is 35.5. The molecule has 0 saturated carbocycles. The van der Waals surface area contributed by atoms with Crippen LogP contribution in [0, 0.1) is 13.8 Å². The van der Waals surface area contributed by atoms with Crippen molar-refractivity contribution in [2.24, 2.45) is 0 Å². The molecule has 1 aliphatic heterocycles. The second-order valence-electron chi connectivity index (χ2n) is 7.15. The third kappa shape index (κ3) is 4.11. The number of halogens is 1. The van der Waals surface area contributed by atoms with E-state index in [4.69, 9.17) is 11.6 Å². The quantitative estimate of drug-likeness (QED) is 0.641. The number of aromatic nitrogens is 3. The molecule has 1 aliphatic rings. The zero-order chi connectivity index (χ0) is 20.5. The van der Waals surface area contributed by atoms with Crippen molar-refractivity contribution in [1.29, 1.82) is 0 Å². The maximum absolute atomic E-state index is 13.3. The van der Waals surface area contributed by atoms with Crippen molar-refractivity contribution >= 4 is 35.0 Å². The number of carbonyl (C=O) groups excluding carboxylic acids is 1. The van der Waals surface area contributed by atoms with Gasteiger partial charge in [-0.2, -0.15) is 0 Å². The van der Waals surface area contributed by atoms with Crippen LogP contribution in [-0.4, -0.2) is 26.0 Å². The molecule has 1 aromatic heterocycles. The molecule has 1 amide bonds. The Hall–Kier alpha value is -2.51. The minimum atomic E-state index is -0.418. The highest BCUT2D eigenvalue weighted by Gasteiger charge is 2.37. The number of aryl methyl sites for hydroxylation is 3. The molecule has 0 unspecified atom stereocenters. The monoisotopic (exact) mass is 427 g/mol. The molecular formula is C21H22ClN5OS. The third-order valence-electron chi connectivity index (χ3n) is 4.80. The smallest absolute Gasteiger partial charge is 0.240 e. The second kappa shape index (κ2) is 8.08. The Morgan fingerprint density at radius 3 is 2.52 bits per heavy atom. The van der Waals surface area contributed by atoms with Crippen LogP contribution in [0.1, 0.15) is 35.5 Å². The average molecular weight is 428 g/mol. The van der Waals surface area contributed by atoms with Crippen LogP contribution in [0.4, 0.5) is 5.69 Å². The van der Waals surface area contributed by atoms with E-state index < -0.39 is 5.25 Å². The first-order valence-corrected chi connectivity index (χ1v) is 10.7. The number of nitrogens with one attached hydrogen (secondary N) is 2. The minimum absolute atomic E-state index is 0.0836. The molecule has 0 bridgehead atoms. The summed E-state index contributed by atoms with van der Waals surface area (Å²) in [4.78, 5) is 13.3. The molecule has 4 rings (SSSR count). The first kappa shape index (κ1) is 19.8. The molecule has 2 N–H and O–H groups in total. The van der Waals surface area contributed by atoms with Crippen LogP contribution in [0.15, 0.2) is 47.6 Å². The van der Waals surface area contributed by atoms with Crippen molar-refractivity contribution in [1.82, 2.24) is 14.9 Å². The van der Waals surface area contributed by atoms with E-state index in [1.807, 2.05) is 61.8 Å². The molecule has 0 saturated heterocycles. The van der Waals surface area contributed by atoms with Crippen molar-refractivity contribution in [3.8, 4) is 0 Å². The first-order chi connectivity index (χ1) is 13.9. The molecule has 2 heterocycles. The number of amides is 1. The van der Waals surface area contributed by atoms with Gasteiger partial charge in [-0.3, -0.25) is 4.79 Å². The van der Waals surface area contributed by atoms with E-state index >= 15 is 0 Å². The summed E-state index contributed by atoms with van der Waals surface area (Å²) >= 11 is 7.49. The van der Waals surface area contributed by atoms with E-state index in [9.17, 15) is 4.79 Å². The van der Waals surface area contributed by atoms with Gasteiger partial charge in [-0.15, -0.1) is 10.2 Å². The maximum atomic E-state index is 13.3. The summed E-state index contributed by atoms with van der Waals surface area (Å²) in [5.74, 6) is 0.749. The zero-order valence-electron chi connectivity index (χ0n) is 16.4. The van der Waals surface area contributed by atoms with Crippen LogP contribution in [0.25, 0.3) is 0 Å². The van der Waals surface area contributed by atoms with Gasteiger partial charge in [-0.05, 0) is 54.8 Å². The van der Waals surface area contributed by atoms with Gasteiger partial charge in [-0.1, -0.05) is 48.5 Å². The molecule has 29 heavy (non-hydrogen) atoms. The normalized spacial score (nSPS) is 18.1. The summed E-state index contributed by atoms with van der Waals surface area (Å²) in [5.41, 5.74) is 7.43. The molecule has 0 radical (unpaired) electrons. The van der Waals surface area contributed by atoms with Gasteiger partial charge in [0.05, 0.1) is 6.04 Å². The Morgan fingerprint density at radius 1 is 1.17 bits per heavy atom. The van der Waals surface area contributed by atoms with Crippen molar-refractivity contribution in [2.45, 2.75) is 43.6 Å². The van der Waals surface area contributed by atoms with Gasteiger partial charge < -0.3 is 10.7 Å². The van der Waals surface area contributed by atoms with E-state index in [2.05, 4.69) is 27.0 Å². The molecule has 2 atom stereocenters. The Balaban J connectivity index is 1.67. The fourth-order valence-corrected chi connectivity index (χ4v) is 4.73. The molecular weight excluding hydrogens is 406 g/mol. The Kier molecular flexibility index (Phi) is 5.52. The third-order valence-corrected chi connectivity index (χ3v) is 6.26. The van der Waals surface area contributed by atoms with Crippen LogP contribution in [-0.2, 0) is 11.2 Å². The van der Waals surface area contributed by atoms with Gasteiger partial charge in [0.15, 0.2) is 5.82 Å². The molecule has 2 aromatic carbocycles. The lowest BCUT2D eigenvalue weighted by molar-refractivity contribution is -0.116. The minimum Gasteiger partial charge on any atom is -0.325 e. The number of thioether (sulfide) groups is 1. The highest BCUT2D eigenvalue weighted by Crippen LogP contribution is 2.38. The number of rotatable bonds is 4. The zero-order valence-corrected chi connectivity index (χ0v) is 18.0. The van der Waals surface area contributed by atoms with Gasteiger partial charge in [0.1, 0.15) is 5.25 Å². The van der Waals surface area contributed by atoms with Crippen molar-refractivity contribution in [3.63, 3.8) is 0 Å². The van der Waals surface area contributed by atoms with Crippen LogP contribution in [0.5, 0.6) is 0 Å². The molecule has 0 spiro atoms. The topological polar surface area (TPSA) is 71.8 Å². The van der Waals surface area contributed by atoms with E-state index in [0.717, 1.165) is 34.6 Å². The standard InChI is InChI=1S/C21H22ClN5OS/c1-4-17-24-25-21-27(17)26-18(14-5-7-15(22)8-6-14)19(29-21)20(28)23-16-10-12(2)9-13(3)11-16/h5-11,18-19,26H,4H2,1-3H3,(H,23,28)/t18-,19+/m0/s1. The molecule has 3 aromatic rings. The van der Waals surface area contributed by atoms with Gasteiger partial charge >= 0.3 is 0 Å². The molecule has 150 valence electrons. The summed E-state index contributed by atoms with van der Waals surface area (Å²) in [5, 5.41) is 12.5. The maximum Gasteiger partial charge on any atom is 0.240 e. The fourth-order valence-electron chi connectivity index (χ4n) is 3.51. The predicted molar refractivity (Wildman–Crippen MR) is 117 cm³/mol. The SMILES string of the molecule is CCc1nnc2n1N[C@@H](c1ccc(Cl)cc1)[C@H](C(=O)Nc1cc(C)cc(C)c1)S2. The number of carbonyl (C=O) groups is 1. The van der Waals surface area contributed by atoms with Crippen molar-refractivity contribution in [2.75, 3.05) is 10.7 Å². The summed E-state index contributed by atoms with van der Waals surface area (Å²) < 4.78 is 1.88. The molecule has 6 nitrogen and oxygen atoms in total. The molecule has 0 aliphatic carbocycles. The summed E-state index contributed by atoms with van der Waals surface area (Å²) in [6, 6.07) is 13.3. The van der Waals surface area contributed by atoms with Gasteiger partial charge in [0.25, 0.3) is 0 Å². The van der Waals surface area contributed by atoms with Gasteiger partial charge in [0.2, 0.25) is 11.1 Å². The lowest BCUT2D eigenvalue weighted by Gasteiger charge is -2.33. The summed E-state index contributed by atoms with van der Waals surface area (Å²) in [7, 11) is 0. The van der Waals surface area contributed by atoms with Gasteiger partial charge in [0, 0.05) is 17.1 Å². The van der Waals surface area contributed by atoms with Crippen LogP contribution < -0.4 is 10.7 Å². The fraction of sp³-hybridized carbons (Fsp3) is 0.286. The second-order valence-corrected chi connectivity index (χ2v) is 8.70. The Bertz CT molecular complexity index is 1030. The van der Waals surface area contributed by atoms with Crippen LogP contribution in [0.3, 0.4) is 0 Å². The number of hydrogen-bond donors (Lipinski definition) is 2. The Morgan fingerprint density at radius 2 is 1.86 bits per heavy atom. The highest BCUT2D eigenvalue weighted by molar-refractivity contribution is 8.00. The van der Waals surface area contributed by atoms with E-state index in [0.29, 0.717) is 10.2 Å². The largest absolute Gasteiger partial charge is 0.325 e. The first-order valence-electron chi connectivity index (χ1n) is 9.46. The van der Waals surface area contributed by atoms with Crippen molar-refractivity contribution < 1.29 is 4.79 Å². The van der Waals surface area contributed by atoms with E-state index in [1.165, 1.54) is 11.8 Å². The number of hydrogen-bond acceptors (Lipinski definition) is 5. The average Bonchev–Trinajstić information content (AvgIpc) is 3.09.